The van der Waals surface area contributed by atoms with Crippen molar-refractivity contribution in [2.75, 3.05) is 13.2 Å². The molecule has 1 aromatic carbocycles. The van der Waals surface area contributed by atoms with Gasteiger partial charge in [-0.25, -0.2) is 0 Å². The molecular weight excluding hydrogens is 296 g/mol. The highest BCUT2D eigenvalue weighted by atomic mass is 79.9. The first-order chi connectivity index (χ1) is 8.63. The van der Waals surface area contributed by atoms with Crippen LogP contribution in [0.3, 0.4) is 0 Å². The first kappa shape index (κ1) is 15.0. The number of hydrogen-bond donors (Lipinski definition) is 2. The fraction of sp³-hybridized carbons (Fsp3) is 0.462. The minimum absolute atomic E-state index is 0.115. The number of halogens is 1. The van der Waals surface area contributed by atoms with E-state index in [1.807, 2.05) is 31.2 Å². The Kier molecular flexibility index (Phi) is 6.75. The van der Waals surface area contributed by atoms with E-state index in [1.165, 1.54) is 0 Å². The highest BCUT2D eigenvalue weighted by Crippen LogP contribution is 2.15. The lowest BCUT2D eigenvalue weighted by Gasteiger charge is -2.11. The van der Waals surface area contributed by atoms with Crippen LogP contribution in [0.15, 0.2) is 28.7 Å². The van der Waals surface area contributed by atoms with Crippen molar-refractivity contribution in [3.8, 4) is 5.75 Å². The number of carbonyl (C=O) groups is 1. The molecule has 1 rings (SSSR count). The average Bonchev–Trinajstić information content (AvgIpc) is 2.36. The van der Waals surface area contributed by atoms with E-state index in [9.17, 15) is 4.79 Å². The van der Waals surface area contributed by atoms with E-state index in [2.05, 4.69) is 21.2 Å². The fourth-order valence-corrected chi connectivity index (χ4v) is 1.71. The first-order valence-corrected chi connectivity index (χ1v) is 6.84. The maximum Gasteiger partial charge on any atom is 0.237 e. The van der Waals surface area contributed by atoms with E-state index in [4.69, 9.17) is 10.5 Å². The molecule has 0 aliphatic carbocycles. The van der Waals surface area contributed by atoms with Gasteiger partial charge in [0.1, 0.15) is 12.4 Å². The molecule has 3 N–H and O–H groups in total. The highest BCUT2D eigenvalue weighted by Gasteiger charge is 2.10. The average molecular weight is 315 g/mol. The van der Waals surface area contributed by atoms with E-state index in [1.54, 1.807) is 0 Å². The third-order valence-corrected chi connectivity index (χ3v) is 2.95. The second kappa shape index (κ2) is 8.11. The number of benzene rings is 1. The largest absolute Gasteiger partial charge is 0.492 e. The summed E-state index contributed by atoms with van der Waals surface area (Å²) in [5.41, 5.74) is 5.68. The summed E-state index contributed by atoms with van der Waals surface area (Å²) < 4.78 is 6.48. The Bertz CT molecular complexity index is 368. The van der Waals surface area contributed by atoms with Crippen molar-refractivity contribution in [3.63, 3.8) is 0 Å². The van der Waals surface area contributed by atoms with Crippen LogP contribution in [-0.2, 0) is 4.79 Å². The zero-order valence-electron chi connectivity index (χ0n) is 10.5. The molecule has 1 aromatic rings. The standard InChI is InChI=1S/C13H19BrN2O2/c1-2-3-12(15)13(17)16-8-9-18-11-6-4-10(14)5-7-11/h4-7,12H,2-3,8-9,15H2,1H3,(H,16,17). The molecule has 0 spiro atoms. The van der Waals surface area contributed by atoms with Gasteiger partial charge in [-0.15, -0.1) is 0 Å². The van der Waals surface area contributed by atoms with Gasteiger partial charge >= 0.3 is 0 Å². The summed E-state index contributed by atoms with van der Waals surface area (Å²) in [7, 11) is 0. The molecule has 1 atom stereocenters. The number of hydrogen-bond acceptors (Lipinski definition) is 3. The van der Waals surface area contributed by atoms with Crippen LogP contribution in [0, 0.1) is 0 Å². The molecule has 18 heavy (non-hydrogen) atoms. The van der Waals surface area contributed by atoms with Gasteiger partial charge in [0.05, 0.1) is 12.6 Å². The topological polar surface area (TPSA) is 64.4 Å². The van der Waals surface area contributed by atoms with Crippen LogP contribution in [0.2, 0.25) is 0 Å². The van der Waals surface area contributed by atoms with Crippen LogP contribution in [0.5, 0.6) is 5.75 Å². The number of carbonyl (C=O) groups excluding carboxylic acids is 1. The minimum atomic E-state index is -0.414. The van der Waals surface area contributed by atoms with Gasteiger partial charge in [0.25, 0.3) is 0 Å². The summed E-state index contributed by atoms with van der Waals surface area (Å²) in [4.78, 5) is 11.5. The van der Waals surface area contributed by atoms with Gasteiger partial charge < -0.3 is 15.8 Å². The summed E-state index contributed by atoms with van der Waals surface area (Å²) in [6.07, 6.45) is 1.61. The molecular formula is C13H19BrN2O2. The first-order valence-electron chi connectivity index (χ1n) is 6.05. The summed E-state index contributed by atoms with van der Waals surface area (Å²) >= 11 is 3.35. The van der Waals surface area contributed by atoms with E-state index in [-0.39, 0.29) is 5.91 Å². The van der Waals surface area contributed by atoms with Gasteiger partial charge in [0.2, 0.25) is 5.91 Å². The van der Waals surface area contributed by atoms with Crippen LogP contribution in [0.25, 0.3) is 0 Å². The molecule has 1 unspecified atom stereocenters. The molecule has 0 heterocycles. The lowest BCUT2D eigenvalue weighted by Crippen LogP contribution is -2.41. The summed E-state index contributed by atoms with van der Waals surface area (Å²) in [5, 5.41) is 2.75. The van der Waals surface area contributed by atoms with E-state index in [0.717, 1.165) is 16.6 Å². The van der Waals surface area contributed by atoms with Crippen molar-refractivity contribution in [1.29, 1.82) is 0 Å². The number of rotatable bonds is 7. The third-order valence-electron chi connectivity index (χ3n) is 2.42. The van der Waals surface area contributed by atoms with E-state index in [0.29, 0.717) is 19.6 Å². The SMILES string of the molecule is CCCC(N)C(=O)NCCOc1ccc(Br)cc1. The quantitative estimate of drug-likeness (QED) is 0.757. The maximum atomic E-state index is 11.5. The van der Waals surface area contributed by atoms with Crippen LogP contribution >= 0.6 is 15.9 Å². The highest BCUT2D eigenvalue weighted by molar-refractivity contribution is 9.10. The summed E-state index contributed by atoms with van der Waals surface area (Å²) in [6.45, 7) is 2.91. The van der Waals surface area contributed by atoms with Crippen LogP contribution in [0.1, 0.15) is 19.8 Å². The van der Waals surface area contributed by atoms with Gasteiger partial charge in [-0.2, -0.15) is 0 Å². The predicted molar refractivity (Wildman–Crippen MR) is 75.5 cm³/mol. The normalized spacial score (nSPS) is 11.9. The van der Waals surface area contributed by atoms with Gasteiger partial charge in [-0.3, -0.25) is 4.79 Å². The molecule has 0 saturated carbocycles. The van der Waals surface area contributed by atoms with Crippen molar-refractivity contribution in [2.24, 2.45) is 5.73 Å². The van der Waals surface area contributed by atoms with Crippen molar-refractivity contribution in [2.45, 2.75) is 25.8 Å². The van der Waals surface area contributed by atoms with Crippen LogP contribution in [-0.4, -0.2) is 25.1 Å². The van der Waals surface area contributed by atoms with Gasteiger partial charge in [-0.05, 0) is 30.7 Å². The number of amides is 1. The molecule has 0 aliphatic rings. The Labute approximate surface area is 116 Å². The van der Waals surface area contributed by atoms with Gasteiger partial charge in [0.15, 0.2) is 0 Å². The number of nitrogens with one attached hydrogen (secondary N) is 1. The van der Waals surface area contributed by atoms with Crippen LogP contribution in [0.4, 0.5) is 0 Å². The van der Waals surface area contributed by atoms with Gasteiger partial charge in [0, 0.05) is 4.47 Å². The van der Waals surface area contributed by atoms with Crippen molar-refractivity contribution >= 4 is 21.8 Å². The maximum absolute atomic E-state index is 11.5. The Morgan fingerprint density at radius 3 is 2.72 bits per heavy atom. The second-order valence-electron chi connectivity index (χ2n) is 3.99. The molecule has 0 aliphatic heterocycles. The zero-order chi connectivity index (χ0) is 13.4. The predicted octanol–water partition coefficient (Wildman–Crippen LogP) is 2.07. The fourth-order valence-electron chi connectivity index (χ4n) is 1.45. The molecule has 0 radical (unpaired) electrons. The number of ether oxygens (including phenoxy) is 1. The van der Waals surface area contributed by atoms with Crippen LogP contribution < -0.4 is 15.8 Å². The lowest BCUT2D eigenvalue weighted by molar-refractivity contribution is -0.122. The van der Waals surface area contributed by atoms with Gasteiger partial charge in [-0.1, -0.05) is 29.3 Å². The molecule has 0 bridgehead atoms. The van der Waals surface area contributed by atoms with E-state index >= 15 is 0 Å². The Hall–Kier alpha value is -1.07. The monoisotopic (exact) mass is 314 g/mol. The third kappa shape index (κ3) is 5.51. The summed E-state index contributed by atoms with van der Waals surface area (Å²) in [5.74, 6) is 0.668. The second-order valence-corrected chi connectivity index (χ2v) is 4.90. The lowest BCUT2D eigenvalue weighted by atomic mass is 10.2. The Morgan fingerprint density at radius 1 is 1.44 bits per heavy atom. The Balaban J connectivity index is 2.18. The zero-order valence-corrected chi connectivity index (χ0v) is 12.1. The van der Waals surface area contributed by atoms with Crippen molar-refractivity contribution in [1.82, 2.24) is 5.32 Å². The molecule has 1 amide bonds. The van der Waals surface area contributed by atoms with E-state index < -0.39 is 6.04 Å². The molecule has 0 aromatic heterocycles. The molecule has 100 valence electrons. The van der Waals surface area contributed by atoms with Crippen molar-refractivity contribution in [3.05, 3.63) is 28.7 Å². The smallest absolute Gasteiger partial charge is 0.237 e. The molecule has 0 fully saturated rings. The summed E-state index contributed by atoms with van der Waals surface area (Å²) in [6, 6.07) is 7.14. The minimum Gasteiger partial charge on any atom is -0.492 e. The Morgan fingerprint density at radius 2 is 2.11 bits per heavy atom. The molecule has 0 saturated heterocycles. The molecule has 5 heteroatoms. The molecule has 4 nitrogen and oxygen atoms in total. The van der Waals surface area contributed by atoms with Crippen molar-refractivity contribution < 1.29 is 9.53 Å². The number of nitrogens with two attached hydrogens (primary N) is 1.